The van der Waals surface area contributed by atoms with Crippen molar-refractivity contribution in [1.29, 1.82) is 0 Å². The van der Waals surface area contributed by atoms with Gasteiger partial charge >= 0.3 is 0 Å². The molecule has 1 aliphatic rings. The molecule has 1 aromatic carbocycles. The maximum Gasteiger partial charge on any atom is 0.226 e. The summed E-state index contributed by atoms with van der Waals surface area (Å²) in [5.74, 6) is 1.45. The lowest BCUT2D eigenvalue weighted by Gasteiger charge is -2.22. The first kappa shape index (κ1) is 18.3. The van der Waals surface area contributed by atoms with Crippen molar-refractivity contribution in [3.05, 3.63) is 53.0 Å². The molecule has 7 heteroatoms. The molecule has 0 radical (unpaired) electrons. The SMILES string of the molecule is CCCn1nc2c(c1C)[C@H](c1cnn(-c3ccc(OC)cc3)c1C)CC(=O)N2. The van der Waals surface area contributed by atoms with Gasteiger partial charge in [-0.1, -0.05) is 6.92 Å². The zero-order chi connectivity index (χ0) is 19.8. The van der Waals surface area contributed by atoms with Crippen molar-refractivity contribution in [2.45, 2.75) is 46.1 Å². The average molecular weight is 379 g/mol. The van der Waals surface area contributed by atoms with E-state index in [4.69, 9.17) is 4.74 Å². The van der Waals surface area contributed by atoms with Crippen LogP contribution in [-0.4, -0.2) is 32.6 Å². The highest BCUT2D eigenvalue weighted by molar-refractivity contribution is 5.94. The van der Waals surface area contributed by atoms with Gasteiger partial charge in [-0.3, -0.25) is 9.48 Å². The molecule has 4 rings (SSSR count). The van der Waals surface area contributed by atoms with Crippen molar-refractivity contribution in [3.8, 4) is 11.4 Å². The second-order valence-corrected chi connectivity index (χ2v) is 7.17. The van der Waals surface area contributed by atoms with E-state index in [2.05, 4.69) is 29.4 Å². The molecular formula is C21H25N5O2. The molecule has 0 saturated heterocycles. The van der Waals surface area contributed by atoms with Crippen molar-refractivity contribution < 1.29 is 9.53 Å². The van der Waals surface area contributed by atoms with Gasteiger partial charge in [0, 0.05) is 41.4 Å². The van der Waals surface area contributed by atoms with Crippen molar-refractivity contribution in [2.24, 2.45) is 0 Å². The summed E-state index contributed by atoms with van der Waals surface area (Å²) < 4.78 is 9.14. The smallest absolute Gasteiger partial charge is 0.226 e. The molecule has 146 valence electrons. The standard InChI is InChI=1S/C21H25N5O2/c1-5-10-25-14(3)20-17(11-19(27)23-21(20)24-25)18-12-22-26(13(18)2)15-6-8-16(28-4)9-7-15/h6-9,12,17H,5,10-11H2,1-4H3,(H,23,24,27)/t17-/m0/s1. The van der Waals surface area contributed by atoms with Crippen LogP contribution >= 0.6 is 0 Å². The number of hydrogen-bond acceptors (Lipinski definition) is 4. The van der Waals surface area contributed by atoms with E-state index >= 15 is 0 Å². The number of aromatic nitrogens is 4. The largest absolute Gasteiger partial charge is 0.497 e. The number of rotatable bonds is 5. The van der Waals surface area contributed by atoms with Gasteiger partial charge in [0.2, 0.25) is 5.91 Å². The van der Waals surface area contributed by atoms with Gasteiger partial charge in [-0.2, -0.15) is 10.2 Å². The predicted octanol–water partition coefficient (Wildman–Crippen LogP) is 3.58. The first-order valence-electron chi connectivity index (χ1n) is 9.59. The molecule has 1 aliphatic heterocycles. The van der Waals surface area contributed by atoms with Gasteiger partial charge in [0.15, 0.2) is 5.82 Å². The van der Waals surface area contributed by atoms with Gasteiger partial charge in [0.05, 0.1) is 19.0 Å². The van der Waals surface area contributed by atoms with E-state index in [-0.39, 0.29) is 11.8 Å². The molecule has 7 nitrogen and oxygen atoms in total. The number of nitrogens with one attached hydrogen (secondary N) is 1. The molecule has 28 heavy (non-hydrogen) atoms. The van der Waals surface area contributed by atoms with Crippen LogP contribution in [0.15, 0.2) is 30.5 Å². The fourth-order valence-electron chi connectivity index (χ4n) is 3.98. The lowest BCUT2D eigenvalue weighted by Crippen LogP contribution is -2.23. The van der Waals surface area contributed by atoms with Crippen LogP contribution in [0.5, 0.6) is 5.75 Å². The Morgan fingerprint density at radius 3 is 2.64 bits per heavy atom. The van der Waals surface area contributed by atoms with E-state index in [9.17, 15) is 4.79 Å². The maximum atomic E-state index is 12.3. The fourth-order valence-corrected chi connectivity index (χ4v) is 3.98. The van der Waals surface area contributed by atoms with E-state index in [1.54, 1.807) is 7.11 Å². The number of carbonyl (C=O) groups is 1. The molecule has 0 unspecified atom stereocenters. The van der Waals surface area contributed by atoms with E-state index in [1.807, 2.05) is 46.7 Å². The number of amides is 1. The molecule has 3 heterocycles. The van der Waals surface area contributed by atoms with Crippen LogP contribution in [0.2, 0.25) is 0 Å². The van der Waals surface area contributed by atoms with Crippen LogP contribution in [0.25, 0.3) is 5.69 Å². The van der Waals surface area contributed by atoms with E-state index in [1.165, 1.54) is 0 Å². The number of nitrogens with zero attached hydrogens (tertiary/aromatic N) is 4. The molecular weight excluding hydrogens is 354 g/mol. The summed E-state index contributed by atoms with van der Waals surface area (Å²) in [6.07, 6.45) is 3.28. The molecule has 0 aliphatic carbocycles. The second kappa shape index (κ2) is 7.14. The lowest BCUT2D eigenvalue weighted by molar-refractivity contribution is -0.116. The Morgan fingerprint density at radius 1 is 1.21 bits per heavy atom. The van der Waals surface area contributed by atoms with Gasteiger partial charge in [0.1, 0.15) is 5.75 Å². The predicted molar refractivity (Wildman–Crippen MR) is 107 cm³/mol. The number of aryl methyl sites for hydroxylation is 1. The third-order valence-electron chi connectivity index (χ3n) is 5.42. The van der Waals surface area contributed by atoms with Crippen molar-refractivity contribution in [2.75, 3.05) is 12.4 Å². The molecule has 1 amide bonds. The lowest BCUT2D eigenvalue weighted by atomic mass is 9.86. The summed E-state index contributed by atoms with van der Waals surface area (Å²) in [6, 6.07) is 7.79. The summed E-state index contributed by atoms with van der Waals surface area (Å²) in [6.45, 7) is 7.09. The molecule has 1 atom stereocenters. The maximum absolute atomic E-state index is 12.3. The number of hydrogen-bond donors (Lipinski definition) is 1. The Morgan fingerprint density at radius 2 is 1.96 bits per heavy atom. The van der Waals surface area contributed by atoms with E-state index in [0.717, 1.165) is 46.9 Å². The zero-order valence-electron chi connectivity index (χ0n) is 16.7. The molecule has 3 aromatic rings. The molecule has 0 bridgehead atoms. The Hall–Kier alpha value is -3.09. The minimum absolute atomic E-state index is 0.00440. The number of carbonyl (C=O) groups excluding carboxylic acids is 1. The Bertz CT molecular complexity index is 1020. The highest BCUT2D eigenvalue weighted by Gasteiger charge is 2.33. The quantitative estimate of drug-likeness (QED) is 0.735. The van der Waals surface area contributed by atoms with Crippen LogP contribution in [-0.2, 0) is 11.3 Å². The number of ether oxygens (including phenoxy) is 1. The van der Waals surface area contributed by atoms with Crippen molar-refractivity contribution in [3.63, 3.8) is 0 Å². The van der Waals surface area contributed by atoms with Gasteiger partial charge < -0.3 is 10.1 Å². The molecule has 0 spiro atoms. The Balaban J connectivity index is 1.76. The molecule has 0 saturated carbocycles. The first-order valence-corrected chi connectivity index (χ1v) is 9.59. The number of fused-ring (bicyclic) bond motifs is 1. The average Bonchev–Trinajstić information content (AvgIpc) is 3.22. The third kappa shape index (κ3) is 2.96. The summed E-state index contributed by atoms with van der Waals surface area (Å²) in [7, 11) is 1.65. The van der Waals surface area contributed by atoms with Gasteiger partial charge in [-0.25, -0.2) is 4.68 Å². The molecule has 1 N–H and O–H groups in total. The normalized spacial score (nSPS) is 16.0. The number of benzene rings is 1. The highest BCUT2D eigenvalue weighted by atomic mass is 16.5. The van der Waals surface area contributed by atoms with Crippen LogP contribution in [0.1, 0.15) is 48.2 Å². The van der Waals surface area contributed by atoms with Gasteiger partial charge in [-0.15, -0.1) is 0 Å². The Labute approximate surface area is 164 Å². The summed E-state index contributed by atoms with van der Waals surface area (Å²) >= 11 is 0. The van der Waals surface area contributed by atoms with Crippen molar-refractivity contribution in [1.82, 2.24) is 19.6 Å². The van der Waals surface area contributed by atoms with E-state index in [0.29, 0.717) is 12.2 Å². The minimum Gasteiger partial charge on any atom is -0.497 e. The zero-order valence-corrected chi connectivity index (χ0v) is 16.7. The third-order valence-corrected chi connectivity index (χ3v) is 5.42. The second-order valence-electron chi connectivity index (χ2n) is 7.17. The summed E-state index contributed by atoms with van der Waals surface area (Å²) in [4.78, 5) is 12.3. The van der Waals surface area contributed by atoms with Gasteiger partial charge in [-0.05, 0) is 44.5 Å². The van der Waals surface area contributed by atoms with Crippen molar-refractivity contribution >= 4 is 11.7 Å². The van der Waals surface area contributed by atoms with Crippen LogP contribution in [0.4, 0.5) is 5.82 Å². The van der Waals surface area contributed by atoms with Crippen LogP contribution < -0.4 is 10.1 Å². The van der Waals surface area contributed by atoms with Crippen LogP contribution in [0, 0.1) is 13.8 Å². The van der Waals surface area contributed by atoms with Crippen LogP contribution in [0.3, 0.4) is 0 Å². The fraction of sp³-hybridized carbons (Fsp3) is 0.381. The summed E-state index contributed by atoms with van der Waals surface area (Å²) in [5, 5.41) is 12.2. The minimum atomic E-state index is -0.0404. The molecule has 2 aromatic heterocycles. The molecule has 0 fully saturated rings. The number of methoxy groups -OCH3 is 1. The first-order chi connectivity index (χ1) is 13.5. The van der Waals surface area contributed by atoms with E-state index < -0.39 is 0 Å². The highest BCUT2D eigenvalue weighted by Crippen LogP contribution is 2.40. The summed E-state index contributed by atoms with van der Waals surface area (Å²) in [5.41, 5.74) is 5.26. The van der Waals surface area contributed by atoms with Gasteiger partial charge in [0.25, 0.3) is 0 Å². The number of anilines is 1. The Kier molecular flexibility index (Phi) is 4.66. The topological polar surface area (TPSA) is 74.0 Å². The monoisotopic (exact) mass is 379 g/mol.